The molecule has 0 atom stereocenters. The largest absolute Gasteiger partial charge is 0.346 e. The lowest BCUT2D eigenvalue weighted by molar-refractivity contribution is 0.588. The summed E-state index contributed by atoms with van der Waals surface area (Å²) in [4.78, 5) is 7.21. The molecule has 1 N–H and O–H groups in total. The Morgan fingerprint density at radius 3 is 2.60 bits per heavy atom. The van der Waals surface area contributed by atoms with Gasteiger partial charge in [0.1, 0.15) is 0 Å². The SMILES string of the molecule is Cn1cc2cc(-c3ccc4nc(N5CCNCC5)sc4c3)ccc2n1. The van der Waals surface area contributed by atoms with E-state index in [2.05, 4.69) is 57.9 Å². The Morgan fingerprint density at radius 1 is 1.00 bits per heavy atom. The zero-order valence-electron chi connectivity index (χ0n) is 14.1. The molecule has 0 unspecified atom stereocenters. The third kappa shape index (κ3) is 2.67. The van der Waals surface area contributed by atoms with Crippen LogP contribution in [0.4, 0.5) is 5.13 Å². The van der Waals surface area contributed by atoms with Crippen LogP contribution in [0.25, 0.3) is 32.2 Å². The fraction of sp³-hybridized carbons (Fsp3) is 0.263. The predicted octanol–water partition coefficient (Wildman–Crippen LogP) is 3.26. The van der Waals surface area contributed by atoms with E-state index in [1.807, 2.05) is 11.7 Å². The summed E-state index contributed by atoms with van der Waals surface area (Å²) < 4.78 is 3.11. The van der Waals surface area contributed by atoms with Gasteiger partial charge in [0.15, 0.2) is 5.13 Å². The Hall–Kier alpha value is -2.44. The minimum Gasteiger partial charge on any atom is -0.346 e. The van der Waals surface area contributed by atoms with Crippen LogP contribution in [0.5, 0.6) is 0 Å². The van der Waals surface area contributed by atoms with Gasteiger partial charge in [0, 0.05) is 44.8 Å². The summed E-state index contributed by atoms with van der Waals surface area (Å²) in [6.45, 7) is 4.13. The zero-order valence-corrected chi connectivity index (χ0v) is 14.9. The first kappa shape index (κ1) is 14.9. The van der Waals surface area contributed by atoms with E-state index in [0.29, 0.717) is 0 Å². The molecule has 2 aromatic heterocycles. The van der Waals surface area contributed by atoms with Gasteiger partial charge in [-0.1, -0.05) is 23.5 Å². The second-order valence-electron chi connectivity index (χ2n) is 6.49. The first-order valence-corrected chi connectivity index (χ1v) is 9.38. The van der Waals surface area contributed by atoms with E-state index in [-0.39, 0.29) is 0 Å². The average molecular weight is 349 g/mol. The van der Waals surface area contributed by atoms with E-state index >= 15 is 0 Å². The lowest BCUT2D eigenvalue weighted by Crippen LogP contribution is -2.43. The van der Waals surface area contributed by atoms with Crippen molar-refractivity contribution in [3.8, 4) is 11.1 Å². The van der Waals surface area contributed by atoms with Crippen LogP contribution in [0.3, 0.4) is 0 Å². The van der Waals surface area contributed by atoms with E-state index in [9.17, 15) is 0 Å². The number of nitrogens with one attached hydrogen (secondary N) is 1. The number of hydrogen-bond acceptors (Lipinski definition) is 5. The number of aromatic nitrogens is 3. The molecule has 5 rings (SSSR count). The number of thiazole rings is 1. The van der Waals surface area contributed by atoms with Gasteiger partial charge < -0.3 is 10.2 Å². The Labute approximate surface area is 149 Å². The molecule has 0 saturated carbocycles. The van der Waals surface area contributed by atoms with Gasteiger partial charge in [0.2, 0.25) is 0 Å². The minimum absolute atomic E-state index is 1.03. The van der Waals surface area contributed by atoms with Gasteiger partial charge >= 0.3 is 0 Å². The van der Waals surface area contributed by atoms with Crippen molar-refractivity contribution in [1.29, 1.82) is 0 Å². The molecule has 0 spiro atoms. The molecular weight excluding hydrogens is 330 g/mol. The standard InChI is InChI=1S/C19H19N5S/c1-23-12-15-10-13(2-4-16(15)22-23)14-3-5-17-18(11-14)25-19(21-17)24-8-6-20-7-9-24/h2-5,10-12,20H,6-9H2,1H3. The highest BCUT2D eigenvalue weighted by molar-refractivity contribution is 7.22. The molecule has 5 nitrogen and oxygen atoms in total. The number of fused-ring (bicyclic) bond motifs is 2. The maximum absolute atomic E-state index is 4.83. The van der Waals surface area contributed by atoms with Crippen LogP contribution in [0.1, 0.15) is 0 Å². The molecule has 25 heavy (non-hydrogen) atoms. The normalized spacial score (nSPS) is 15.3. The maximum Gasteiger partial charge on any atom is 0.186 e. The summed E-state index contributed by atoms with van der Waals surface area (Å²) in [6.07, 6.45) is 2.06. The van der Waals surface area contributed by atoms with Gasteiger partial charge in [0.05, 0.1) is 15.7 Å². The van der Waals surface area contributed by atoms with Gasteiger partial charge in [0.25, 0.3) is 0 Å². The number of nitrogens with zero attached hydrogens (tertiary/aromatic N) is 4. The molecule has 1 aliphatic heterocycles. The molecule has 1 saturated heterocycles. The molecule has 0 radical (unpaired) electrons. The van der Waals surface area contributed by atoms with Gasteiger partial charge in [-0.15, -0.1) is 0 Å². The molecule has 3 heterocycles. The first-order chi connectivity index (χ1) is 12.3. The average Bonchev–Trinajstić information content (AvgIpc) is 3.23. The van der Waals surface area contributed by atoms with Crippen molar-refractivity contribution in [1.82, 2.24) is 20.1 Å². The molecule has 2 aromatic carbocycles. The number of aryl methyl sites for hydroxylation is 1. The van der Waals surface area contributed by atoms with Crippen molar-refractivity contribution in [3.63, 3.8) is 0 Å². The van der Waals surface area contributed by atoms with Crippen LogP contribution in [0.2, 0.25) is 0 Å². The lowest BCUT2D eigenvalue weighted by Gasteiger charge is -2.26. The topological polar surface area (TPSA) is 46.0 Å². The Kier molecular flexibility index (Phi) is 3.46. The molecule has 4 aromatic rings. The van der Waals surface area contributed by atoms with Crippen LogP contribution in [-0.4, -0.2) is 40.9 Å². The predicted molar refractivity (Wildman–Crippen MR) is 104 cm³/mol. The highest BCUT2D eigenvalue weighted by atomic mass is 32.1. The first-order valence-electron chi connectivity index (χ1n) is 8.56. The molecular formula is C19H19N5S. The fourth-order valence-electron chi connectivity index (χ4n) is 3.41. The number of anilines is 1. The second kappa shape index (κ2) is 5.82. The highest BCUT2D eigenvalue weighted by Crippen LogP contribution is 2.33. The Morgan fingerprint density at radius 2 is 1.76 bits per heavy atom. The van der Waals surface area contributed by atoms with Crippen molar-refractivity contribution in [2.75, 3.05) is 31.1 Å². The van der Waals surface area contributed by atoms with Crippen LogP contribution < -0.4 is 10.2 Å². The van der Waals surface area contributed by atoms with Crippen LogP contribution in [-0.2, 0) is 7.05 Å². The third-order valence-electron chi connectivity index (χ3n) is 4.72. The summed E-state index contributed by atoms with van der Waals surface area (Å²) in [7, 11) is 1.96. The van der Waals surface area contributed by atoms with Crippen molar-refractivity contribution in [3.05, 3.63) is 42.6 Å². The van der Waals surface area contributed by atoms with Crippen molar-refractivity contribution in [2.24, 2.45) is 7.05 Å². The van der Waals surface area contributed by atoms with E-state index in [1.54, 1.807) is 11.3 Å². The van der Waals surface area contributed by atoms with Crippen molar-refractivity contribution >= 4 is 37.6 Å². The smallest absolute Gasteiger partial charge is 0.186 e. The monoisotopic (exact) mass is 349 g/mol. The number of hydrogen-bond donors (Lipinski definition) is 1. The quantitative estimate of drug-likeness (QED) is 0.603. The molecule has 6 heteroatoms. The summed E-state index contributed by atoms with van der Waals surface area (Å²) in [6, 6.07) is 13.0. The van der Waals surface area contributed by atoms with Gasteiger partial charge in [-0.3, -0.25) is 4.68 Å². The number of piperazine rings is 1. The molecule has 0 aliphatic carbocycles. The highest BCUT2D eigenvalue weighted by Gasteiger charge is 2.15. The number of rotatable bonds is 2. The van der Waals surface area contributed by atoms with E-state index in [4.69, 9.17) is 4.98 Å². The van der Waals surface area contributed by atoms with Gasteiger partial charge in [-0.25, -0.2) is 4.98 Å². The minimum atomic E-state index is 1.03. The fourth-order valence-corrected chi connectivity index (χ4v) is 4.47. The van der Waals surface area contributed by atoms with Crippen molar-refractivity contribution < 1.29 is 0 Å². The lowest BCUT2D eigenvalue weighted by atomic mass is 10.0. The molecule has 0 bridgehead atoms. The van der Waals surface area contributed by atoms with E-state index < -0.39 is 0 Å². The van der Waals surface area contributed by atoms with E-state index in [1.165, 1.54) is 21.2 Å². The summed E-state index contributed by atoms with van der Waals surface area (Å²) in [5.74, 6) is 0. The Bertz CT molecular complexity index is 1060. The Balaban J connectivity index is 1.54. The van der Waals surface area contributed by atoms with Crippen molar-refractivity contribution in [2.45, 2.75) is 0 Å². The molecule has 0 amide bonds. The van der Waals surface area contributed by atoms with E-state index in [0.717, 1.165) is 42.3 Å². The third-order valence-corrected chi connectivity index (χ3v) is 5.80. The summed E-state index contributed by atoms with van der Waals surface area (Å²) in [5.41, 5.74) is 4.57. The van der Waals surface area contributed by atoms with Crippen LogP contribution in [0.15, 0.2) is 42.6 Å². The zero-order chi connectivity index (χ0) is 16.8. The van der Waals surface area contributed by atoms with Gasteiger partial charge in [-0.2, -0.15) is 5.10 Å². The molecule has 1 aliphatic rings. The second-order valence-corrected chi connectivity index (χ2v) is 7.50. The van der Waals surface area contributed by atoms with Crippen LogP contribution in [0, 0.1) is 0 Å². The summed E-state index contributed by atoms with van der Waals surface area (Å²) >= 11 is 1.79. The van der Waals surface area contributed by atoms with Gasteiger partial charge in [-0.05, 0) is 35.4 Å². The summed E-state index contributed by atoms with van der Waals surface area (Å²) in [5, 5.41) is 10.2. The molecule has 126 valence electrons. The number of benzene rings is 2. The molecule has 1 fully saturated rings. The van der Waals surface area contributed by atoms with Crippen LogP contribution >= 0.6 is 11.3 Å². The maximum atomic E-state index is 4.83.